The Morgan fingerprint density at radius 2 is 1.58 bits per heavy atom. The monoisotopic (exact) mass is 738 g/mol. The summed E-state index contributed by atoms with van der Waals surface area (Å²) in [6, 6.07) is 5.08. The molecule has 6 amide bonds. The number of carbonyl (C=O) groups is 7. The van der Waals surface area contributed by atoms with Crippen molar-refractivity contribution in [2.45, 2.75) is 94.8 Å². The van der Waals surface area contributed by atoms with Gasteiger partial charge in [0.25, 0.3) is 0 Å². The predicted molar refractivity (Wildman–Crippen MR) is 194 cm³/mol. The molecule has 0 spiro atoms. The topological polar surface area (TPSA) is 186 Å². The van der Waals surface area contributed by atoms with Gasteiger partial charge >= 0.3 is 12.1 Å². The van der Waals surface area contributed by atoms with E-state index in [1.165, 1.54) is 39.8 Å². The van der Waals surface area contributed by atoms with Crippen LogP contribution in [0.4, 0.5) is 4.79 Å². The Labute approximate surface area is 311 Å². The maximum atomic E-state index is 14.1. The molecule has 1 unspecified atom stereocenters. The number of likely N-dealkylation sites (N-methyl/N-ethyl adjacent to an activating group) is 2. The highest BCUT2D eigenvalue weighted by molar-refractivity contribution is 5.96. The SMILES string of the molecule is C=CCOC(=O)N[C@@H](Cc1ccccc1)C(=O)N1CCC1C(=O)N(C)[C@@H](CC1CCCCC1)C(=O)N(C)CC(=O)N[C@@H](CC(=O)O)C(=O)N1CCCC1. The zero-order valence-corrected chi connectivity index (χ0v) is 30.9. The summed E-state index contributed by atoms with van der Waals surface area (Å²) in [6.45, 7) is 4.31. The normalized spacial score (nSPS) is 18.8. The van der Waals surface area contributed by atoms with Crippen molar-refractivity contribution in [3.8, 4) is 0 Å². The minimum atomic E-state index is -1.27. The van der Waals surface area contributed by atoms with Gasteiger partial charge in [0, 0.05) is 40.2 Å². The largest absolute Gasteiger partial charge is 0.481 e. The van der Waals surface area contributed by atoms with Gasteiger partial charge in [-0.1, -0.05) is 75.1 Å². The van der Waals surface area contributed by atoms with Crippen molar-refractivity contribution in [2.24, 2.45) is 5.92 Å². The molecule has 0 radical (unpaired) electrons. The lowest BCUT2D eigenvalue weighted by atomic mass is 9.84. The average molecular weight is 739 g/mol. The Kier molecular flexibility index (Phi) is 15.2. The molecule has 2 heterocycles. The molecule has 0 aromatic heterocycles. The van der Waals surface area contributed by atoms with E-state index in [4.69, 9.17) is 4.74 Å². The summed E-state index contributed by atoms with van der Waals surface area (Å²) in [5.41, 5.74) is 0.801. The van der Waals surface area contributed by atoms with Gasteiger partial charge in [-0.2, -0.15) is 0 Å². The fourth-order valence-corrected chi connectivity index (χ4v) is 7.35. The van der Waals surface area contributed by atoms with Crippen molar-refractivity contribution in [1.29, 1.82) is 0 Å². The highest BCUT2D eigenvalue weighted by Crippen LogP contribution is 2.30. The molecule has 15 heteroatoms. The number of amides is 6. The summed E-state index contributed by atoms with van der Waals surface area (Å²) < 4.78 is 5.08. The molecule has 4 atom stereocenters. The van der Waals surface area contributed by atoms with Gasteiger partial charge < -0.3 is 40.1 Å². The minimum Gasteiger partial charge on any atom is -0.481 e. The number of carboxylic acid groups (broad SMARTS) is 1. The van der Waals surface area contributed by atoms with Gasteiger partial charge in [-0.05, 0) is 37.2 Å². The molecule has 1 aliphatic carbocycles. The van der Waals surface area contributed by atoms with Crippen LogP contribution in [0.3, 0.4) is 0 Å². The van der Waals surface area contributed by atoms with Gasteiger partial charge in [0.15, 0.2) is 0 Å². The Morgan fingerprint density at radius 1 is 0.906 bits per heavy atom. The number of hydrogen-bond acceptors (Lipinski definition) is 8. The highest BCUT2D eigenvalue weighted by Gasteiger charge is 2.44. The van der Waals surface area contributed by atoms with E-state index in [2.05, 4.69) is 17.2 Å². The molecule has 0 bridgehead atoms. The van der Waals surface area contributed by atoms with E-state index in [0.29, 0.717) is 25.9 Å². The number of likely N-dealkylation sites (tertiary alicyclic amines) is 2. The van der Waals surface area contributed by atoms with Crippen LogP contribution >= 0.6 is 0 Å². The van der Waals surface area contributed by atoms with Crippen LogP contribution in [0.1, 0.15) is 69.8 Å². The number of alkyl carbamates (subject to hydrolysis) is 1. The van der Waals surface area contributed by atoms with Gasteiger partial charge in [0.05, 0.1) is 13.0 Å². The number of nitrogens with one attached hydrogen (secondary N) is 2. The van der Waals surface area contributed by atoms with Crippen molar-refractivity contribution < 1.29 is 43.4 Å². The second kappa shape index (κ2) is 19.8. The van der Waals surface area contributed by atoms with Crippen LogP contribution in [0.15, 0.2) is 43.0 Å². The van der Waals surface area contributed by atoms with Gasteiger partial charge in [-0.15, -0.1) is 0 Å². The third-order valence-corrected chi connectivity index (χ3v) is 10.4. The minimum absolute atomic E-state index is 0.0418. The Balaban J connectivity index is 1.47. The number of ether oxygens (including phenoxy) is 1. The fraction of sp³-hybridized carbons (Fsp3) is 0.605. The summed E-state index contributed by atoms with van der Waals surface area (Å²) in [5.74, 6) is -3.58. The Bertz CT molecular complexity index is 1480. The van der Waals surface area contributed by atoms with E-state index in [0.717, 1.165) is 50.5 Å². The Morgan fingerprint density at radius 3 is 2.19 bits per heavy atom. The summed E-state index contributed by atoms with van der Waals surface area (Å²) in [4.78, 5) is 97.8. The van der Waals surface area contributed by atoms with Crippen molar-refractivity contribution in [3.05, 3.63) is 48.6 Å². The molecule has 15 nitrogen and oxygen atoms in total. The van der Waals surface area contributed by atoms with Crippen LogP contribution in [0.2, 0.25) is 0 Å². The zero-order chi connectivity index (χ0) is 38.5. The molecule has 3 aliphatic rings. The first kappa shape index (κ1) is 40.8. The molecule has 290 valence electrons. The van der Waals surface area contributed by atoms with Gasteiger partial charge in [-0.25, -0.2) is 4.79 Å². The van der Waals surface area contributed by atoms with E-state index in [-0.39, 0.29) is 25.5 Å². The van der Waals surface area contributed by atoms with Crippen molar-refractivity contribution >= 4 is 41.6 Å². The molecule has 2 saturated heterocycles. The van der Waals surface area contributed by atoms with Gasteiger partial charge in [0.2, 0.25) is 29.5 Å². The van der Waals surface area contributed by atoms with Crippen LogP contribution in [-0.4, -0.2) is 137 Å². The maximum Gasteiger partial charge on any atom is 0.408 e. The second-order valence-corrected chi connectivity index (χ2v) is 14.3. The summed E-state index contributed by atoms with van der Waals surface area (Å²) in [7, 11) is 2.97. The van der Waals surface area contributed by atoms with Crippen LogP contribution in [-0.2, 0) is 39.9 Å². The summed E-state index contributed by atoms with van der Waals surface area (Å²) >= 11 is 0. The molecule has 2 aliphatic heterocycles. The lowest BCUT2D eigenvalue weighted by molar-refractivity contribution is -0.157. The third kappa shape index (κ3) is 11.5. The van der Waals surface area contributed by atoms with Crippen molar-refractivity contribution in [1.82, 2.24) is 30.2 Å². The van der Waals surface area contributed by atoms with E-state index in [9.17, 15) is 38.7 Å². The van der Waals surface area contributed by atoms with Gasteiger partial charge in [0.1, 0.15) is 30.8 Å². The predicted octanol–water partition coefficient (Wildman–Crippen LogP) is 1.95. The molecule has 1 aromatic carbocycles. The number of carboxylic acids is 1. The van der Waals surface area contributed by atoms with Crippen LogP contribution in [0.25, 0.3) is 0 Å². The molecule has 3 fully saturated rings. The highest BCUT2D eigenvalue weighted by atomic mass is 16.5. The molecule has 53 heavy (non-hydrogen) atoms. The third-order valence-electron chi connectivity index (χ3n) is 10.4. The molecular weight excluding hydrogens is 684 g/mol. The fourth-order valence-electron chi connectivity index (χ4n) is 7.35. The van der Waals surface area contributed by atoms with Crippen LogP contribution < -0.4 is 10.6 Å². The van der Waals surface area contributed by atoms with E-state index in [1.54, 1.807) is 0 Å². The molecule has 1 saturated carbocycles. The first-order valence-electron chi connectivity index (χ1n) is 18.6. The summed E-state index contributed by atoms with van der Waals surface area (Å²) in [6.07, 6.45) is 7.44. The maximum absolute atomic E-state index is 14.1. The number of hydrogen-bond donors (Lipinski definition) is 3. The van der Waals surface area contributed by atoms with Crippen LogP contribution in [0, 0.1) is 5.92 Å². The molecular formula is C38H54N6O9. The Hall–Kier alpha value is -4.95. The van der Waals surface area contributed by atoms with E-state index in [1.807, 2.05) is 30.3 Å². The smallest absolute Gasteiger partial charge is 0.408 e. The number of carbonyl (C=O) groups excluding carboxylic acids is 6. The van der Waals surface area contributed by atoms with Crippen molar-refractivity contribution in [2.75, 3.05) is 46.9 Å². The first-order valence-corrected chi connectivity index (χ1v) is 18.6. The molecule has 3 N–H and O–H groups in total. The standard InChI is InChI=1S/C38H54N6O9/c1-4-21-53-38(52)40-28(22-26-13-7-5-8-14-26)35(49)44-20-17-30(44)37(51)42(3)31(23-27-15-9-6-10-16-27)36(50)41(2)25-32(45)39-29(24-33(46)47)34(48)43-18-11-12-19-43/h4-5,7-8,13-14,27-31H,1,6,9-12,15-25H2,2-3H3,(H,39,45)(H,40,52)(H,46,47)/t28-,29-,30?,31-/m0/s1. The van der Waals surface area contributed by atoms with Crippen LogP contribution in [0.5, 0.6) is 0 Å². The molecule has 4 rings (SSSR count). The quantitative estimate of drug-likeness (QED) is 0.201. The van der Waals surface area contributed by atoms with Crippen molar-refractivity contribution in [3.63, 3.8) is 0 Å². The van der Waals surface area contributed by atoms with E-state index < -0.39 is 78.7 Å². The lowest BCUT2D eigenvalue weighted by Crippen LogP contribution is -2.64. The zero-order valence-electron chi connectivity index (χ0n) is 30.9. The van der Waals surface area contributed by atoms with Gasteiger partial charge in [-0.3, -0.25) is 28.8 Å². The lowest BCUT2D eigenvalue weighted by Gasteiger charge is -2.44. The molecule has 1 aromatic rings. The second-order valence-electron chi connectivity index (χ2n) is 14.3. The van der Waals surface area contributed by atoms with E-state index >= 15 is 0 Å². The number of aliphatic carboxylic acids is 1. The number of benzene rings is 1. The summed E-state index contributed by atoms with van der Waals surface area (Å²) in [5, 5.41) is 14.6. The number of nitrogens with zero attached hydrogens (tertiary/aromatic N) is 4. The first-order chi connectivity index (χ1) is 25.4. The average Bonchev–Trinajstić information content (AvgIpc) is 3.67. The number of rotatable bonds is 17.